The van der Waals surface area contributed by atoms with E-state index in [9.17, 15) is 50.8 Å². The van der Waals surface area contributed by atoms with Crippen LogP contribution in [-0.4, -0.2) is 145 Å². The Labute approximate surface area is 330 Å². The molecular weight excluding hydrogens is 728 g/mol. The molecule has 0 amide bonds. The van der Waals surface area contributed by atoms with Crippen LogP contribution in [0.5, 0.6) is 0 Å². The topological polar surface area (TPSA) is 236 Å². The van der Waals surface area contributed by atoms with E-state index in [0.29, 0.717) is 38.0 Å². The number of fused-ring (bicyclic) bond motifs is 2. The van der Waals surface area contributed by atoms with Crippen molar-refractivity contribution in [3.05, 3.63) is 0 Å². The second-order valence-corrected chi connectivity index (χ2v) is 20.6. The lowest BCUT2D eigenvalue weighted by molar-refractivity contribution is -0.343. The molecule has 0 aromatic heterocycles. The Morgan fingerprint density at radius 3 is 2.00 bits per heavy atom. The van der Waals surface area contributed by atoms with Crippen molar-refractivity contribution >= 4 is 5.78 Å². The van der Waals surface area contributed by atoms with E-state index in [1.165, 1.54) is 0 Å². The minimum absolute atomic E-state index is 0.00748. The lowest BCUT2D eigenvalue weighted by atomic mass is 9.41. The summed E-state index contributed by atoms with van der Waals surface area (Å²) in [5.41, 5.74) is -1.22. The van der Waals surface area contributed by atoms with Gasteiger partial charge in [0.1, 0.15) is 54.6 Å². The van der Waals surface area contributed by atoms with Crippen LogP contribution in [0.4, 0.5) is 0 Å². The highest BCUT2D eigenvalue weighted by Crippen LogP contribution is 2.89. The fourth-order valence-electron chi connectivity index (χ4n) is 14.3. The van der Waals surface area contributed by atoms with E-state index in [1.54, 1.807) is 0 Å². The van der Waals surface area contributed by atoms with Crippen LogP contribution in [0.25, 0.3) is 0 Å². The number of hydrogen-bond acceptors (Lipinski definition) is 14. The smallest absolute Gasteiger partial charge is 0.186 e. The normalized spacial score (nSPS) is 54.1. The number of hydrogen-bond donors (Lipinski definition) is 9. The Balaban J connectivity index is 1.04. The number of carbonyl (C=O) groups excluding carboxylic acids is 1. The summed E-state index contributed by atoms with van der Waals surface area (Å²) < 4.78 is 23.7. The molecule has 14 heteroatoms. The number of rotatable bonds is 11. The Bertz CT molecular complexity index is 1440. The van der Waals surface area contributed by atoms with Gasteiger partial charge in [0.15, 0.2) is 12.6 Å². The van der Waals surface area contributed by atoms with Crippen LogP contribution in [0, 0.1) is 56.7 Å². The van der Waals surface area contributed by atoms with E-state index in [-0.39, 0.29) is 57.2 Å². The molecule has 2 saturated heterocycles. The summed E-state index contributed by atoms with van der Waals surface area (Å²) in [6.07, 6.45) is -9.41. The monoisotopic (exact) mass is 798 g/mol. The fraction of sp³-hybridized carbons (Fsp3) is 0.976. The van der Waals surface area contributed by atoms with Gasteiger partial charge in [-0.2, -0.15) is 0 Å². The predicted molar refractivity (Wildman–Crippen MR) is 199 cm³/mol. The van der Waals surface area contributed by atoms with E-state index in [1.807, 2.05) is 13.8 Å². The molecule has 5 aliphatic carbocycles. The van der Waals surface area contributed by atoms with Crippen LogP contribution in [0.3, 0.4) is 0 Å². The summed E-state index contributed by atoms with van der Waals surface area (Å²) in [4.78, 5) is 12.6. The molecule has 2 aliphatic heterocycles. The van der Waals surface area contributed by atoms with Crippen LogP contribution in [0.2, 0.25) is 0 Å². The third kappa shape index (κ3) is 6.24. The maximum Gasteiger partial charge on any atom is 0.186 e. The average molecular weight is 799 g/mol. The number of carbonyl (C=O) groups is 1. The molecule has 0 aromatic carbocycles. The van der Waals surface area contributed by atoms with Crippen molar-refractivity contribution < 1.29 is 69.7 Å². The molecule has 21 atom stereocenters. The van der Waals surface area contributed by atoms with Gasteiger partial charge in [-0.15, -0.1) is 0 Å². The van der Waals surface area contributed by atoms with E-state index >= 15 is 0 Å². The van der Waals surface area contributed by atoms with E-state index in [2.05, 4.69) is 34.6 Å². The largest absolute Gasteiger partial charge is 0.394 e. The van der Waals surface area contributed by atoms with Gasteiger partial charge >= 0.3 is 0 Å². The number of aliphatic hydroxyl groups excluding tert-OH is 9. The summed E-state index contributed by atoms with van der Waals surface area (Å²) in [7, 11) is 0. The molecule has 2 heterocycles. The Kier molecular flexibility index (Phi) is 11.5. The molecule has 21 unspecified atom stereocenters. The van der Waals surface area contributed by atoms with Crippen LogP contribution >= 0.6 is 0 Å². The quantitative estimate of drug-likeness (QED) is 0.133. The minimum atomic E-state index is -1.66. The lowest BCUT2D eigenvalue weighted by Crippen LogP contribution is -2.64. The zero-order chi connectivity index (χ0) is 41.1. The lowest BCUT2D eigenvalue weighted by Gasteiger charge is -2.64. The molecule has 322 valence electrons. The first-order valence-corrected chi connectivity index (χ1v) is 21.3. The first-order valence-electron chi connectivity index (χ1n) is 21.3. The standard InChI is InChI=1S/C42H70O14/c1-19(2)21(44)9-8-20(3)29-22(45)14-39(6)26-11-10-25-38(4,5)28(12-13-41(25)18-42(26,41)15-27(46)40(29,39)7)56-37-35(52)33(50)31(48)24(55-37)17-53-36-34(51)32(49)30(47)23(16-43)54-36/h19-20,22-37,43,45-52H,8-18H2,1-7H3. The highest BCUT2D eigenvalue weighted by atomic mass is 16.7. The molecular formula is C42H70O14. The zero-order valence-electron chi connectivity index (χ0n) is 34.2. The Morgan fingerprint density at radius 1 is 0.750 bits per heavy atom. The summed E-state index contributed by atoms with van der Waals surface area (Å²) >= 11 is 0. The summed E-state index contributed by atoms with van der Waals surface area (Å²) in [5.74, 6) is 0.786. The average Bonchev–Trinajstić information content (AvgIpc) is 3.74. The molecule has 14 nitrogen and oxygen atoms in total. The summed E-state index contributed by atoms with van der Waals surface area (Å²) in [6, 6.07) is 0. The van der Waals surface area contributed by atoms with Gasteiger partial charge < -0.3 is 64.9 Å². The number of Topliss-reactive ketones (excluding diaryl/α,β-unsaturated/α-hetero) is 1. The molecule has 2 spiro atoms. The van der Waals surface area contributed by atoms with Gasteiger partial charge in [0, 0.05) is 17.8 Å². The van der Waals surface area contributed by atoms with Gasteiger partial charge in [-0.25, -0.2) is 0 Å². The maximum absolute atomic E-state index is 12.6. The first-order chi connectivity index (χ1) is 26.1. The van der Waals surface area contributed by atoms with E-state index in [4.69, 9.17) is 18.9 Å². The Hall–Kier alpha value is -0.850. The molecule has 7 rings (SSSR count). The highest BCUT2D eigenvalue weighted by molar-refractivity contribution is 5.80. The van der Waals surface area contributed by atoms with Gasteiger partial charge in [-0.1, -0.05) is 48.5 Å². The van der Waals surface area contributed by atoms with Crippen LogP contribution in [0.15, 0.2) is 0 Å². The first kappa shape index (κ1) is 43.2. The van der Waals surface area contributed by atoms with E-state index in [0.717, 1.165) is 25.7 Å². The summed E-state index contributed by atoms with van der Waals surface area (Å²) in [6.45, 7) is 13.9. The third-order valence-corrected chi connectivity index (χ3v) is 17.5. The van der Waals surface area contributed by atoms with Gasteiger partial charge in [-0.05, 0) is 96.7 Å². The second kappa shape index (κ2) is 15.0. The van der Waals surface area contributed by atoms with Crippen LogP contribution < -0.4 is 0 Å². The Morgan fingerprint density at radius 2 is 1.36 bits per heavy atom. The van der Waals surface area contributed by atoms with Crippen LogP contribution in [-0.2, 0) is 23.7 Å². The minimum Gasteiger partial charge on any atom is -0.394 e. The molecule has 0 aromatic rings. The fourth-order valence-corrected chi connectivity index (χ4v) is 14.3. The summed E-state index contributed by atoms with van der Waals surface area (Å²) in [5, 5.41) is 97.2. The predicted octanol–water partition coefficient (Wildman–Crippen LogP) is 1.02. The van der Waals surface area contributed by atoms with Crippen molar-refractivity contribution in [3.8, 4) is 0 Å². The van der Waals surface area contributed by atoms with Crippen molar-refractivity contribution in [2.45, 2.75) is 186 Å². The molecule has 7 fully saturated rings. The number of ketones is 1. The van der Waals surface area contributed by atoms with Crippen molar-refractivity contribution in [2.24, 2.45) is 56.7 Å². The molecule has 56 heavy (non-hydrogen) atoms. The van der Waals surface area contributed by atoms with Crippen molar-refractivity contribution in [2.75, 3.05) is 13.2 Å². The van der Waals surface area contributed by atoms with Crippen molar-refractivity contribution in [3.63, 3.8) is 0 Å². The highest BCUT2D eigenvalue weighted by Gasteiger charge is 2.84. The molecule has 5 saturated carbocycles. The SMILES string of the molecule is CC(C)C(=O)CCC(C)C1C(O)CC2(C)C3CCC4C(C)(C)C(OC5OC(COC6OC(CO)C(O)C(O)C6O)C(O)C(O)C5O)CCC45CC35CC(O)C12C. The van der Waals surface area contributed by atoms with Crippen LogP contribution in [0.1, 0.15) is 106 Å². The van der Waals surface area contributed by atoms with Gasteiger partial charge in [0.2, 0.25) is 0 Å². The van der Waals surface area contributed by atoms with Gasteiger partial charge in [-0.3, -0.25) is 4.79 Å². The second-order valence-electron chi connectivity index (χ2n) is 20.6. The molecule has 7 aliphatic rings. The van der Waals surface area contributed by atoms with Crippen molar-refractivity contribution in [1.29, 1.82) is 0 Å². The molecule has 0 radical (unpaired) electrons. The number of ether oxygens (including phenoxy) is 4. The maximum atomic E-state index is 12.6. The van der Waals surface area contributed by atoms with Gasteiger partial charge in [0.25, 0.3) is 0 Å². The van der Waals surface area contributed by atoms with Gasteiger partial charge in [0.05, 0.1) is 31.5 Å². The third-order valence-electron chi connectivity index (χ3n) is 17.5. The zero-order valence-corrected chi connectivity index (χ0v) is 34.2. The molecule has 0 bridgehead atoms. The molecule has 9 N–H and O–H groups in total. The van der Waals surface area contributed by atoms with E-state index < -0.39 is 92.2 Å². The number of aliphatic hydroxyl groups is 9. The van der Waals surface area contributed by atoms with Crippen molar-refractivity contribution in [1.82, 2.24) is 0 Å².